The monoisotopic (exact) mass is 266 g/mol. The molecular weight excluding hydrogens is 236 g/mol. The van der Waals surface area contributed by atoms with E-state index in [0.717, 1.165) is 12.3 Å². The molecule has 1 heterocycles. The van der Waals surface area contributed by atoms with E-state index < -0.39 is 0 Å². The molecule has 2 fully saturated rings. The highest BCUT2D eigenvalue weighted by atomic mass is 16.2. The largest absolute Gasteiger partial charge is 0.323 e. The van der Waals surface area contributed by atoms with Gasteiger partial charge in [0.15, 0.2) is 0 Å². The maximum atomic E-state index is 12.7. The molecule has 1 saturated heterocycles. The average molecular weight is 266 g/mol. The summed E-state index contributed by atoms with van der Waals surface area (Å²) in [4.78, 5) is 14.9. The van der Waals surface area contributed by atoms with E-state index in [9.17, 15) is 4.79 Å². The van der Waals surface area contributed by atoms with Gasteiger partial charge in [0, 0.05) is 6.04 Å². The fourth-order valence-corrected chi connectivity index (χ4v) is 3.80. The van der Waals surface area contributed by atoms with Crippen molar-refractivity contribution in [1.29, 1.82) is 0 Å². The van der Waals surface area contributed by atoms with Gasteiger partial charge in [-0.05, 0) is 31.1 Å². The summed E-state index contributed by atoms with van der Waals surface area (Å²) >= 11 is 0. The maximum Gasteiger partial charge on any atom is 0.241 e. The second kappa shape index (κ2) is 5.82. The van der Waals surface area contributed by atoms with Crippen molar-refractivity contribution >= 4 is 5.91 Å². The molecule has 1 aliphatic carbocycles. The first-order valence-corrected chi connectivity index (χ1v) is 8.05. The molecule has 19 heavy (non-hydrogen) atoms. The van der Waals surface area contributed by atoms with Gasteiger partial charge in [-0.15, -0.1) is 0 Å². The van der Waals surface area contributed by atoms with Crippen molar-refractivity contribution in [2.75, 3.05) is 0 Å². The normalized spacial score (nSPS) is 41.6. The minimum Gasteiger partial charge on any atom is -0.323 e. The molecular formula is C16H30N2O. The Kier molecular flexibility index (Phi) is 4.54. The molecule has 1 amide bonds. The molecule has 0 aromatic carbocycles. The summed E-state index contributed by atoms with van der Waals surface area (Å²) in [6.45, 7) is 11.1. The van der Waals surface area contributed by atoms with E-state index in [1.807, 2.05) is 0 Å². The maximum absolute atomic E-state index is 12.7. The van der Waals surface area contributed by atoms with E-state index >= 15 is 0 Å². The van der Waals surface area contributed by atoms with Crippen LogP contribution in [0.15, 0.2) is 0 Å². The highest BCUT2D eigenvalue weighted by molar-refractivity contribution is 5.85. The SMILES string of the molecule is CCC(C)C1NC(C)N(C2CCCC(C)C2C)C1=O. The number of nitrogens with one attached hydrogen (secondary N) is 1. The third kappa shape index (κ3) is 2.67. The van der Waals surface area contributed by atoms with Crippen LogP contribution in [0.25, 0.3) is 0 Å². The molecule has 6 unspecified atom stereocenters. The second-order valence-corrected chi connectivity index (χ2v) is 6.79. The van der Waals surface area contributed by atoms with Gasteiger partial charge in [0.25, 0.3) is 0 Å². The van der Waals surface area contributed by atoms with Crippen LogP contribution in [-0.4, -0.2) is 29.1 Å². The molecule has 0 aromatic rings. The lowest BCUT2D eigenvalue weighted by molar-refractivity contribution is -0.135. The van der Waals surface area contributed by atoms with Gasteiger partial charge in [-0.25, -0.2) is 0 Å². The molecule has 0 bridgehead atoms. The van der Waals surface area contributed by atoms with Crippen molar-refractivity contribution in [3.63, 3.8) is 0 Å². The number of amides is 1. The minimum atomic E-state index is 0.0319. The number of hydrogen-bond donors (Lipinski definition) is 1. The number of nitrogens with zero attached hydrogens (tertiary/aromatic N) is 1. The number of carbonyl (C=O) groups is 1. The van der Waals surface area contributed by atoms with Crippen molar-refractivity contribution in [2.24, 2.45) is 17.8 Å². The standard InChI is InChI=1S/C16H30N2O/c1-6-10(2)15-16(19)18(13(5)17-15)14-9-7-8-11(3)12(14)4/h10-15,17H,6-9H2,1-5H3. The average Bonchev–Trinajstić information content (AvgIpc) is 2.68. The van der Waals surface area contributed by atoms with Gasteiger partial charge < -0.3 is 4.90 Å². The summed E-state index contributed by atoms with van der Waals surface area (Å²) in [5, 5.41) is 3.51. The Morgan fingerprint density at radius 2 is 2.00 bits per heavy atom. The van der Waals surface area contributed by atoms with E-state index in [4.69, 9.17) is 0 Å². The molecule has 6 atom stereocenters. The molecule has 3 nitrogen and oxygen atoms in total. The van der Waals surface area contributed by atoms with Gasteiger partial charge >= 0.3 is 0 Å². The highest BCUT2D eigenvalue weighted by Gasteiger charge is 2.44. The van der Waals surface area contributed by atoms with Gasteiger partial charge in [-0.3, -0.25) is 10.1 Å². The van der Waals surface area contributed by atoms with Crippen molar-refractivity contribution in [3.05, 3.63) is 0 Å². The van der Waals surface area contributed by atoms with Gasteiger partial charge in [0.05, 0.1) is 12.2 Å². The van der Waals surface area contributed by atoms with Crippen molar-refractivity contribution in [1.82, 2.24) is 10.2 Å². The molecule has 1 N–H and O–H groups in total. The molecule has 110 valence electrons. The Balaban J connectivity index is 2.13. The molecule has 1 saturated carbocycles. The van der Waals surface area contributed by atoms with E-state index in [2.05, 4.69) is 44.8 Å². The van der Waals surface area contributed by atoms with E-state index in [-0.39, 0.29) is 12.2 Å². The lowest BCUT2D eigenvalue weighted by atomic mass is 9.77. The summed E-state index contributed by atoms with van der Waals surface area (Å²) in [5.41, 5.74) is 0. The Hall–Kier alpha value is -0.570. The van der Waals surface area contributed by atoms with E-state index in [1.165, 1.54) is 19.3 Å². The zero-order valence-corrected chi connectivity index (χ0v) is 13.1. The van der Waals surface area contributed by atoms with E-state index in [0.29, 0.717) is 23.8 Å². The number of rotatable bonds is 3. The van der Waals surface area contributed by atoms with Crippen LogP contribution in [0.4, 0.5) is 0 Å². The zero-order valence-electron chi connectivity index (χ0n) is 13.1. The molecule has 0 aromatic heterocycles. The minimum absolute atomic E-state index is 0.0319. The third-order valence-electron chi connectivity index (χ3n) is 5.59. The summed E-state index contributed by atoms with van der Waals surface area (Å²) in [6, 6.07) is 0.470. The summed E-state index contributed by atoms with van der Waals surface area (Å²) < 4.78 is 0. The fraction of sp³-hybridized carbons (Fsp3) is 0.938. The summed E-state index contributed by atoms with van der Waals surface area (Å²) in [5.74, 6) is 2.13. The lowest BCUT2D eigenvalue weighted by Crippen LogP contribution is -2.49. The number of carbonyl (C=O) groups excluding carboxylic acids is 1. The summed E-state index contributed by atoms with van der Waals surface area (Å²) in [6.07, 6.45) is 5.01. The second-order valence-electron chi connectivity index (χ2n) is 6.79. The molecule has 1 aliphatic heterocycles. The van der Waals surface area contributed by atoms with Crippen LogP contribution >= 0.6 is 0 Å². The van der Waals surface area contributed by atoms with Crippen LogP contribution in [0.3, 0.4) is 0 Å². The molecule has 3 heteroatoms. The predicted octanol–water partition coefficient (Wildman–Crippen LogP) is 3.00. The topological polar surface area (TPSA) is 32.3 Å². The van der Waals surface area contributed by atoms with Crippen LogP contribution in [-0.2, 0) is 4.79 Å². The first-order chi connectivity index (χ1) is 8.97. The summed E-state index contributed by atoms with van der Waals surface area (Å²) in [7, 11) is 0. The fourth-order valence-electron chi connectivity index (χ4n) is 3.80. The van der Waals surface area contributed by atoms with Crippen molar-refractivity contribution < 1.29 is 4.79 Å². The van der Waals surface area contributed by atoms with Gasteiger partial charge in [-0.1, -0.05) is 47.0 Å². The molecule has 0 spiro atoms. The highest BCUT2D eigenvalue weighted by Crippen LogP contribution is 2.35. The van der Waals surface area contributed by atoms with Gasteiger partial charge in [0.2, 0.25) is 5.91 Å². The van der Waals surface area contributed by atoms with Crippen molar-refractivity contribution in [2.45, 2.75) is 78.6 Å². The molecule has 2 aliphatic rings. The third-order valence-corrected chi connectivity index (χ3v) is 5.59. The Labute approximate surface area is 118 Å². The quantitative estimate of drug-likeness (QED) is 0.851. The van der Waals surface area contributed by atoms with Crippen molar-refractivity contribution in [3.8, 4) is 0 Å². The van der Waals surface area contributed by atoms with Crippen LogP contribution in [0.1, 0.15) is 60.3 Å². The van der Waals surface area contributed by atoms with Gasteiger partial charge in [-0.2, -0.15) is 0 Å². The van der Waals surface area contributed by atoms with Crippen LogP contribution < -0.4 is 5.32 Å². The number of hydrogen-bond acceptors (Lipinski definition) is 2. The van der Waals surface area contributed by atoms with Gasteiger partial charge in [0.1, 0.15) is 0 Å². The zero-order chi connectivity index (χ0) is 14.2. The lowest BCUT2D eigenvalue weighted by Gasteiger charge is -2.41. The van der Waals surface area contributed by atoms with E-state index in [1.54, 1.807) is 0 Å². The van der Waals surface area contributed by atoms with Crippen LogP contribution in [0.2, 0.25) is 0 Å². The first kappa shape index (κ1) is 14.8. The molecule has 0 radical (unpaired) electrons. The smallest absolute Gasteiger partial charge is 0.241 e. The Morgan fingerprint density at radius 3 is 2.63 bits per heavy atom. The van der Waals surface area contributed by atoms with Crippen LogP contribution in [0, 0.1) is 17.8 Å². The first-order valence-electron chi connectivity index (χ1n) is 8.05. The Morgan fingerprint density at radius 1 is 1.32 bits per heavy atom. The predicted molar refractivity (Wildman–Crippen MR) is 78.7 cm³/mol. The molecule has 2 rings (SSSR count). The van der Waals surface area contributed by atoms with Crippen LogP contribution in [0.5, 0.6) is 0 Å². The Bertz CT molecular complexity index is 331.